The lowest BCUT2D eigenvalue weighted by molar-refractivity contribution is -0.138. The smallest absolute Gasteiger partial charge is 0.329 e. The molecular formula is C16H16F3N3. The highest BCUT2D eigenvalue weighted by Crippen LogP contribution is 2.41. The molecule has 0 bridgehead atoms. The van der Waals surface area contributed by atoms with Crippen molar-refractivity contribution < 1.29 is 13.2 Å². The second-order valence-corrected chi connectivity index (χ2v) is 5.39. The lowest BCUT2D eigenvalue weighted by Gasteiger charge is -2.23. The Morgan fingerprint density at radius 1 is 1.23 bits per heavy atom. The maximum Gasteiger partial charge on any atom is 0.416 e. The molecule has 116 valence electrons. The molecule has 1 atom stereocenters. The van der Waals surface area contributed by atoms with Gasteiger partial charge in [-0.05, 0) is 28.8 Å². The number of pyridine rings is 1. The van der Waals surface area contributed by atoms with Crippen LogP contribution in [0, 0.1) is 0 Å². The van der Waals surface area contributed by atoms with Crippen LogP contribution < -0.4 is 5.73 Å². The van der Waals surface area contributed by atoms with Gasteiger partial charge in [0.15, 0.2) is 0 Å². The van der Waals surface area contributed by atoms with Crippen molar-refractivity contribution in [2.45, 2.75) is 25.3 Å². The summed E-state index contributed by atoms with van der Waals surface area (Å²) in [6.07, 6.45) is -0.944. The van der Waals surface area contributed by atoms with E-state index in [9.17, 15) is 13.2 Å². The molecule has 1 aromatic carbocycles. The van der Waals surface area contributed by atoms with Crippen molar-refractivity contribution in [1.82, 2.24) is 9.88 Å². The largest absolute Gasteiger partial charge is 0.416 e. The highest BCUT2D eigenvalue weighted by atomic mass is 19.4. The third-order valence-electron chi connectivity index (χ3n) is 4.01. The number of alkyl halides is 3. The maximum atomic E-state index is 13.2. The summed E-state index contributed by atoms with van der Waals surface area (Å²) in [5.74, 6) is 0. The number of benzene rings is 1. The Hall–Kier alpha value is -1.92. The van der Waals surface area contributed by atoms with Gasteiger partial charge in [-0.25, -0.2) is 0 Å². The Labute approximate surface area is 126 Å². The van der Waals surface area contributed by atoms with Crippen LogP contribution in [0.4, 0.5) is 13.2 Å². The standard InChI is InChI=1S/C16H16F3N3/c17-16(18,19)14-5-1-4-12-13(14)10-22(15(12)7-20)9-11-3-2-6-21-8-11/h1-6,8,15H,7,9-10,20H2. The van der Waals surface area contributed by atoms with Crippen LogP contribution in [0.1, 0.15) is 28.3 Å². The number of nitrogens with two attached hydrogens (primary N) is 1. The van der Waals surface area contributed by atoms with Gasteiger partial charge in [0.1, 0.15) is 0 Å². The molecule has 0 fully saturated rings. The Kier molecular flexibility index (Phi) is 3.88. The lowest BCUT2D eigenvalue weighted by Crippen LogP contribution is -2.27. The molecule has 0 aliphatic carbocycles. The second kappa shape index (κ2) is 5.70. The van der Waals surface area contributed by atoms with Gasteiger partial charge in [-0.1, -0.05) is 18.2 Å². The number of hydrogen-bond donors (Lipinski definition) is 1. The maximum absolute atomic E-state index is 13.2. The van der Waals surface area contributed by atoms with Crippen molar-refractivity contribution in [3.63, 3.8) is 0 Å². The first kappa shape index (κ1) is 15.0. The molecule has 3 nitrogen and oxygen atoms in total. The Morgan fingerprint density at radius 3 is 2.68 bits per heavy atom. The zero-order chi connectivity index (χ0) is 15.7. The van der Waals surface area contributed by atoms with E-state index in [1.807, 2.05) is 17.0 Å². The quantitative estimate of drug-likeness (QED) is 0.947. The Balaban J connectivity index is 1.94. The number of fused-ring (bicyclic) bond motifs is 1. The average molecular weight is 307 g/mol. The first-order valence-corrected chi connectivity index (χ1v) is 7.02. The number of rotatable bonds is 3. The molecule has 22 heavy (non-hydrogen) atoms. The highest BCUT2D eigenvalue weighted by molar-refractivity contribution is 5.42. The van der Waals surface area contributed by atoms with Crippen LogP contribution in [0.3, 0.4) is 0 Å². The summed E-state index contributed by atoms with van der Waals surface area (Å²) < 4.78 is 39.5. The van der Waals surface area contributed by atoms with Gasteiger partial charge in [0.05, 0.1) is 5.56 Å². The van der Waals surface area contributed by atoms with E-state index >= 15 is 0 Å². The predicted octanol–water partition coefficient (Wildman–Crippen LogP) is 3.12. The van der Waals surface area contributed by atoms with E-state index in [1.54, 1.807) is 18.5 Å². The van der Waals surface area contributed by atoms with E-state index < -0.39 is 11.7 Å². The van der Waals surface area contributed by atoms with Gasteiger partial charge in [-0.3, -0.25) is 9.88 Å². The minimum Gasteiger partial charge on any atom is -0.329 e. The molecule has 0 radical (unpaired) electrons. The first-order valence-electron chi connectivity index (χ1n) is 7.02. The third-order valence-corrected chi connectivity index (χ3v) is 4.01. The highest BCUT2D eigenvalue weighted by Gasteiger charge is 2.39. The fraction of sp³-hybridized carbons (Fsp3) is 0.312. The van der Waals surface area contributed by atoms with Gasteiger partial charge in [0, 0.05) is 38.1 Å². The molecule has 0 saturated heterocycles. The normalized spacial score (nSPS) is 18.5. The van der Waals surface area contributed by atoms with Crippen LogP contribution in [0.2, 0.25) is 0 Å². The molecule has 2 aromatic rings. The number of nitrogens with zero attached hydrogens (tertiary/aromatic N) is 2. The monoisotopic (exact) mass is 307 g/mol. The Bertz CT molecular complexity index is 655. The van der Waals surface area contributed by atoms with Crippen LogP contribution in [0.5, 0.6) is 0 Å². The molecular weight excluding hydrogens is 291 g/mol. The summed E-state index contributed by atoms with van der Waals surface area (Å²) >= 11 is 0. The van der Waals surface area contributed by atoms with E-state index in [1.165, 1.54) is 6.07 Å². The topological polar surface area (TPSA) is 42.1 Å². The molecule has 1 aromatic heterocycles. The van der Waals surface area contributed by atoms with Gasteiger partial charge < -0.3 is 5.73 Å². The van der Waals surface area contributed by atoms with E-state index in [2.05, 4.69) is 4.98 Å². The molecule has 0 saturated carbocycles. The molecule has 1 aliphatic rings. The van der Waals surface area contributed by atoms with Crippen LogP contribution in [0.15, 0.2) is 42.7 Å². The SMILES string of the molecule is NCC1c2cccc(C(F)(F)F)c2CN1Cc1cccnc1. The van der Waals surface area contributed by atoms with Gasteiger partial charge in [-0.15, -0.1) is 0 Å². The summed E-state index contributed by atoms with van der Waals surface area (Å²) in [5, 5.41) is 0. The Morgan fingerprint density at radius 2 is 2.05 bits per heavy atom. The molecule has 2 N–H and O–H groups in total. The van der Waals surface area contributed by atoms with Crippen LogP contribution in [0.25, 0.3) is 0 Å². The fourth-order valence-corrected chi connectivity index (χ4v) is 3.04. The second-order valence-electron chi connectivity index (χ2n) is 5.39. The van der Waals surface area contributed by atoms with Gasteiger partial charge in [0.2, 0.25) is 0 Å². The first-order chi connectivity index (χ1) is 10.5. The van der Waals surface area contributed by atoms with Crippen LogP contribution in [-0.4, -0.2) is 16.4 Å². The van der Waals surface area contributed by atoms with Crippen molar-refractivity contribution in [2.24, 2.45) is 5.73 Å². The fourth-order valence-electron chi connectivity index (χ4n) is 3.04. The van der Waals surface area contributed by atoms with Crippen molar-refractivity contribution >= 4 is 0 Å². The minimum absolute atomic E-state index is 0.197. The van der Waals surface area contributed by atoms with Crippen molar-refractivity contribution in [2.75, 3.05) is 6.54 Å². The van der Waals surface area contributed by atoms with Crippen molar-refractivity contribution in [1.29, 1.82) is 0 Å². The summed E-state index contributed by atoms with van der Waals surface area (Å²) in [6, 6.07) is 7.87. The molecule has 1 unspecified atom stereocenters. The number of hydrogen-bond acceptors (Lipinski definition) is 3. The summed E-state index contributed by atoms with van der Waals surface area (Å²) in [6.45, 7) is 1.07. The van der Waals surface area contributed by atoms with Crippen molar-refractivity contribution in [3.05, 3.63) is 65.0 Å². The lowest BCUT2D eigenvalue weighted by atomic mass is 9.99. The van der Waals surface area contributed by atoms with Crippen LogP contribution >= 0.6 is 0 Å². The molecule has 2 heterocycles. The zero-order valence-electron chi connectivity index (χ0n) is 11.8. The third kappa shape index (κ3) is 2.71. The summed E-state index contributed by atoms with van der Waals surface area (Å²) in [5.41, 5.74) is 7.24. The molecule has 0 spiro atoms. The van der Waals surface area contributed by atoms with Gasteiger partial charge in [0.25, 0.3) is 0 Å². The van der Waals surface area contributed by atoms with E-state index in [0.717, 1.165) is 11.6 Å². The minimum atomic E-state index is -4.34. The summed E-state index contributed by atoms with van der Waals surface area (Å²) in [4.78, 5) is 6.01. The van der Waals surface area contributed by atoms with E-state index in [4.69, 9.17) is 5.73 Å². The van der Waals surface area contributed by atoms with Gasteiger partial charge >= 0.3 is 6.18 Å². The van der Waals surface area contributed by atoms with Gasteiger partial charge in [-0.2, -0.15) is 13.2 Å². The molecule has 3 rings (SSSR count). The summed E-state index contributed by atoms with van der Waals surface area (Å²) in [7, 11) is 0. The molecule has 6 heteroatoms. The number of aromatic nitrogens is 1. The van der Waals surface area contributed by atoms with Crippen molar-refractivity contribution in [3.8, 4) is 0 Å². The number of halogens is 3. The average Bonchev–Trinajstić information content (AvgIpc) is 2.84. The molecule has 1 aliphatic heterocycles. The predicted molar refractivity (Wildman–Crippen MR) is 76.7 cm³/mol. The molecule has 0 amide bonds. The van der Waals surface area contributed by atoms with Crippen LogP contribution in [-0.2, 0) is 19.3 Å². The zero-order valence-corrected chi connectivity index (χ0v) is 11.8. The van der Waals surface area contributed by atoms with E-state index in [0.29, 0.717) is 17.7 Å². The van der Waals surface area contributed by atoms with E-state index in [-0.39, 0.29) is 19.1 Å².